The number of benzene rings is 16. The van der Waals surface area contributed by atoms with Gasteiger partial charge in [-0.1, -0.05) is 243 Å². The van der Waals surface area contributed by atoms with Gasteiger partial charge in [0.15, 0.2) is 0 Å². The first-order valence-electron chi connectivity index (χ1n) is 30.6. The Hall–Kier alpha value is -11.8. The summed E-state index contributed by atoms with van der Waals surface area (Å²) in [5, 5.41) is 15.0. The SMILES string of the molecule is c1ccc(N(c2ccccc2)c2ccc(-c3ccc(N(c4ccc(-c5ccc6c7ccccc7c7ccccc7c6c5)cc4)c4ccc(-c5ccc(-c6ccc7c(c6)c6ccccc6n7-c6ccccc6)c6ccccc56)cc4)cc3)c3ccccc23)cc1. The molecule has 3 heteroatoms. The van der Waals surface area contributed by atoms with Crippen molar-refractivity contribution in [1.82, 2.24) is 4.57 Å². The van der Waals surface area contributed by atoms with Crippen LogP contribution in [0.5, 0.6) is 0 Å². The molecule has 17 aromatic rings. The first-order chi connectivity index (χ1) is 44.2. The second kappa shape index (κ2) is 21.6. The Balaban J connectivity index is 0.751. The van der Waals surface area contributed by atoms with E-state index in [1.807, 2.05) is 0 Å². The maximum atomic E-state index is 2.39. The van der Waals surface area contributed by atoms with Crippen LogP contribution in [0.4, 0.5) is 34.1 Å². The standard InChI is InChI=1S/C86H57N3/c1-4-20-63(21-5-1)88(64-22-6-2-7-23-64)85-55-53-70(74-28-16-17-33-80(74)85)60-40-48-68(49-41-60)87(66-44-36-58(37-45-66)61-42-50-79-77-31-13-12-29-75(77)76-30-14-15-32-78(76)82(79)56-61)67-46-38-59(39-47-67)69-51-52-71(73-27-11-10-26-72(69)73)62-43-54-86-83(57-62)81-34-18-19-35-84(81)89(86)65-24-8-3-9-25-65/h1-57H. The summed E-state index contributed by atoms with van der Waals surface area (Å²) in [5.41, 5.74) is 19.6. The molecule has 1 aromatic heterocycles. The van der Waals surface area contributed by atoms with Crippen molar-refractivity contribution in [3.63, 3.8) is 0 Å². The van der Waals surface area contributed by atoms with Crippen molar-refractivity contribution >= 4 is 110 Å². The maximum absolute atomic E-state index is 2.39. The highest BCUT2D eigenvalue weighted by Crippen LogP contribution is 2.46. The van der Waals surface area contributed by atoms with Crippen LogP contribution in [0.3, 0.4) is 0 Å². The Morgan fingerprint density at radius 1 is 0.180 bits per heavy atom. The topological polar surface area (TPSA) is 11.4 Å². The van der Waals surface area contributed by atoms with E-state index < -0.39 is 0 Å². The summed E-state index contributed by atoms with van der Waals surface area (Å²) in [4.78, 5) is 4.75. The van der Waals surface area contributed by atoms with Gasteiger partial charge >= 0.3 is 0 Å². The van der Waals surface area contributed by atoms with E-state index in [0.29, 0.717) is 0 Å². The maximum Gasteiger partial charge on any atom is 0.0541 e. The zero-order valence-electron chi connectivity index (χ0n) is 48.8. The van der Waals surface area contributed by atoms with Crippen LogP contribution in [-0.2, 0) is 0 Å². The fourth-order valence-corrected chi connectivity index (χ4v) is 14.0. The number of rotatable bonds is 11. The number of nitrogens with zero attached hydrogens (tertiary/aromatic N) is 3. The highest BCUT2D eigenvalue weighted by molar-refractivity contribution is 6.26. The molecule has 17 rings (SSSR count). The number of hydrogen-bond donors (Lipinski definition) is 0. The second-order valence-electron chi connectivity index (χ2n) is 23.1. The van der Waals surface area contributed by atoms with Crippen LogP contribution in [0.2, 0.25) is 0 Å². The number of fused-ring (bicyclic) bond motifs is 11. The minimum Gasteiger partial charge on any atom is -0.311 e. The summed E-state index contributed by atoms with van der Waals surface area (Å²) < 4.78 is 2.38. The van der Waals surface area contributed by atoms with Crippen molar-refractivity contribution in [2.75, 3.05) is 9.80 Å². The highest BCUT2D eigenvalue weighted by atomic mass is 15.1. The van der Waals surface area contributed by atoms with Gasteiger partial charge in [-0.15, -0.1) is 0 Å². The summed E-state index contributed by atoms with van der Waals surface area (Å²) in [6, 6.07) is 127. The molecule has 0 aliphatic heterocycles. The van der Waals surface area contributed by atoms with Crippen LogP contribution in [-0.4, -0.2) is 4.57 Å². The van der Waals surface area contributed by atoms with E-state index >= 15 is 0 Å². The third kappa shape index (κ3) is 8.90. The van der Waals surface area contributed by atoms with Crippen LogP contribution < -0.4 is 9.80 Å². The van der Waals surface area contributed by atoms with Gasteiger partial charge in [-0.05, 0) is 196 Å². The van der Waals surface area contributed by atoms with E-state index in [2.05, 4.69) is 360 Å². The monoisotopic (exact) mass is 1130 g/mol. The molecule has 1 heterocycles. The van der Waals surface area contributed by atoms with Crippen molar-refractivity contribution in [1.29, 1.82) is 0 Å². The fourth-order valence-electron chi connectivity index (χ4n) is 14.0. The smallest absolute Gasteiger partial charge is 0.0541 e. The zero-order valence-corrected chi connectivity index (χ0v) is 48.8. The lowest BCUT2D eigenvalue weighted by atomic mass is 9.91. The summed E-state index contributed by atoms with van der Waals surface area (Å²) in [5.74, 6) is 0. The molecule has 0 unspecified atom stereocenters. The first-order valence-corrected chi connectivity index (χ1v) is 30.6. The average molecular weight is 1130 g/mol. The Kier molecular flexibility index (Phi) is 12.5. The molecule has 0 amide bonds. The van der Waals surface area contributed by atoms with Gasteiger partial charge in [0.25, 0.3) is 0 Å². The average Bonchev–Trinajstić information content (AvgIpc) is 1.99. The lowest BCUT2D eigenvalue weighted by Crippen LogP contribution is -2.10. The number of aromatic nitrogens is 1. The number of para-hydroxylation sites is 4. The van der Waals surface area contributed by atoms with Gasteiger partial charge in [0.1, 0.15) is 0 Å². The van der Waals surface area contributed by atoms with E-state index in [4.69, 9.17) is 0 Å². The molecule has 0 spiro atoms. The molecular weight excluding hydrogens is 1070 g/mol. The normalized spacial score (nSPS) is 11.6. The van der Waals surface area contributed by atoms with Crippen LogP contribution in [0, 0.1) is 0 Å². The van der Waals surface area contributed by atoms with Gasteiger partial charge in [0.05, 0.1) is 16.7 Å². The molecular formula is C86H57N3. The minimum absolute atomic E-state index is 1.07. The van der Waals surface area contributed by atoms with Crippen molar-refractivity contribution in [2.24, 2.45) is 0 Å². The van der Waals surface area contributed by atoms with Crippen LogP contribution in [0.1, 0.15) is 0 Å². The Morgan fingerprint density at radius 3 is 1.07 bits per heavy atom. The van der Waals surface area contributed by atoms with Gasteiger partial charge in [0.2, 0.25) is 0 Å². The number of anilines is 6. The Bertz CT molecular complexity index is 5450. The molecule has 0 radical (unpaired) electrons. The van der Waals surface area contributed by atoms with E-state index in [-0.39, 0.29) is 0 Å². The van der Waals surface area contributed by atoms with Gasteiger partial charge in [0, 0.05) is 50.3 Å². The summed E-state index contributed by atoms with van der Waals surface area (Å²) in [6.07, 6.45) is 0. The van der Waals surface area contributed by atoms with Crippen molar-refractivity contribution in [3.8, 4) is 50.2 Å². The molecule has 3 nitrogen and oxygen atoms in total. The molecule has 0 saturated heterocycles. The third-order valence-electron chi connectivity index (χ3n) is 18.2. The van der Waals surface area contributed by atoms with E-state index in [9.17, 15) is 0 Å². The first kappa shape index (κ1) is 51.6. The lowest BCUT2D eigenvalue weighted by Gasteiger charge is -2.28. The van der Waals surface area contributed by atoms with E-state index in [1.165, 1.54) is 109 Å². The molecule has 0 bridgehead atoms. The molecule has 0 fully saturated rings. The van der Waals surface area contributed by atoms with E-state index in [1.54, 1.807) is 0 Å². The van der Waals surface area contributed by atoms with Crippen LogP contribution in [0.25, 0.3) is 126 Å². The van der Waals surface area contributed by atoms with Gasteiger partial charge in [-0.25, -0.2) is 0 Å². The predicted octanol–water partition coefficient (Wildman–Crippen LogP) is 24.2. The summed E-state index contributed by atoms with van der Waals surface area (Å²) in [7, 11) is 0. The van der Waals surface area contributed by atoms with Crippen molar-refractivity contribution < 1.29 is 0 Å². The largest absolute Gasteiger partial charge is 0.311 e. The predicted molar refractivity (Wildman–Crippen MR) is 379 cm³/mol. The molecule has 0 aliphatic rings. The number of hydrogen-bond acceptors (Lipinski definition) is 2. The quantitative estimate of drug-likeness (QED) is 0.120. The second-order valence-corrected chi connectivity index (χ2v) is 23.1. The lowest BCUT2D eigenvalue weighted by molar-refractivity contribution is 1.18. The van der Waals surface area contributed by atoms with Gasteiger partial charge < -0.3 is 14.4 Å². The molecule has 0 aliphatic carbocycles. The highest BCUT2D eigenvalue weighted by Gasteiger charge is 2.21. The van der Waals surface area contributed by atoms with Gasteiger partial charge in [-0.3, -0.25) is 0 Å². The van der Waals surface area contributed by atoms with E-state index in [0.717, 1.165) is 50.9 Å². The minimum atomic E-state index is 1.07. The van der Waals surface area contributed by atoms with Crippen molar-refractivity contribution in [3.05, 3.63) is 346 Å². The van der Waals surface area contributed by atoms with Gasteiger partial charge in [-0.2, -0.15) is 0 Å². The van der Waals surface area contributed by atoms with Crippen LogP contribution >= 0.6 is 0 Å². The Morgan fingerprint density at radius 2 is 0.528 bits per heavy atom. The fraction of sp³-hybridized carbons (Fsp3) is 0. The molecule has 0 saturated carbocycles. The molecule has 16 aromatic carbocycles. The molecule has 0 N–H and O–H groups in total. The summed E-state index contributed by atoms with van der Waals surface area (Å²) in [6.45, 7) is 0. The zero-order chi connectivity index (χ0) is 58.8. The molecule has 416 valence electrons. The molecule has 0 atom stereocenters. The third-order valence-corrected chi connectivity index (χ3v) is 18.2. The molecule has 89 heavy (non-hydrogen) atoms. The Labute approximate surface area is 517 Å². The van der Waals surface area contributed by atoms with Crippen LogP contribution in [0.15, 0.2) is 346 Å². The van der Waals surface area contributed by atoms with Crippen molar-refractivity contribution in [2.45, 2.75) is 0 Å². The summed E-state index contributed by atoms with van der Waals surface area (Å²) >= 11 is 0.